The van der Waals surface area contributed by atoms with Crippen LogP contribution in [0.2, 0.25) is 0 Å². The first kappa shape index (κ1) is 17.3. The van der Waals surface area contributed by atoms with Crippen molar-refractivity contribution in [3.8, 4) is 5.75 Å². The monoisotopic (exact) mass is 360 g/mol. The molecule has 0 unspecified atom stereocenters. The first-order valence-electron chi connectivity index (χ1n) is 8.06. The number of nitrogens with one attached hydrogen (secondary N) is 2. The molecule has 1 amide bonds. The van der Waals surface area contributed by atoms with E-state index in [9.17, 15) is 13.2 Å². The van der Waals surface area contributed by atoms with Crippen molar-refractivity contribution in [3.05, 3.63) is 48.5 Å². The summed E-state index contributed by atoms with van der Waals surface area (Å²) in [6.07, 6.45) is 2.84. The molecule has 2 N–H and O–H groups in total. The maximum absolute atomic E-state index is 12.6. The van der Waals surface area contributed by atoms with Gasteiger partial charge in [-0.05, 0) is 43.2 Å². The Bertz CT molecular complexity index is 876. The highest BCUT2D eigenvalue weighted by atomic mass is 32.2. The van der Waals surface area contributed by atoms with Crippen LogP contribution in [0.25, 0.3) is 0 Å². The quantitative estimate of drug-likeness (QED) is 0.828. The predicted octanol–water partition coefficient (Wildman–Crippen LogP) is 3.23. The van der Waals surface area contributed by atoms with E-state index in [2.05, 4.69) is 10.0 Å². The van der Waals surface area contributed by atoms with E-state index in [0.717, 1.165) is 19.3 Å². The first-order chi connectivity index (χ1) is 12.0. The van der Waals surface area contributed by atoms with Crippen LogP contribution in [-0.2, 0) is 14.8 Å². The molecule has 0 spiro atoms. The number of hydrogen-bond donors (Lipinski definition) is 2. The zero-order valence-corrected chi connectivity index (χ0v) is 14.7. The second kappa shape index (κ2) is 7.14. The summed E-state index contributed by atoms with van der Waals surface area (Å²) < 4.78 is 32.9. The Morgan fingerprint density at radius 1 is 1.12 bits per heavy atom. The average molecular weight is 360 g/mol. The van der Waals surface area contributed by atoms with E-state index in [1.165, 1.54) is 19.2 Å². The van der Waals surface area contributed by atoms with E-state index in [4.69, 9.17) is 4.74 Å². The molecule has 0 saturated heterocycles. The molecule has 2 aromatic rings. The van der Waals surface area contributed by atoms with Crippen LogP contribution >= 0.6 is 0 Å². The Morgan fingerprint density at radius 3 is 2.56 bits per heavy atom. The molecular formula is C18H20N2O4S. The van der Waals surface area contributed by atoms with Gasteiger partial charge in [0.25, 0.3) is 10.0 Å². The van der Waals surface area contributed by atoms with E-state index in [0.29, 0.717) is 17.1 Å². The van der Waals surface area contributed by atoms with Gasteiger partial charge in [0.2, 0.25) is 5.91 Å². The van der Waals surface area contributed by atoms with Crippen molar-refractivity contribution in [2.24, 2.45) is 5.92 Å². The molecule has 132 valence electrons. The van der Waals surface area contributed by atoms with Crippen molar-refractivity contribution in [3.63, 3.8) is 0 Å². The largest absolute Gasteiger partial charge is 0.495 e. The van der Waals surface area contributed by atoms with Crippen LogP contribution in [-0.4, -0.2) is 21.4 Å². The number of methoxy groups -OCH3 is 1. The summed E-state index contributed by atoms with van der Waals surface area (Å²) in [5.41, 5.74) is 0.828. The number of rotatable bonds is 6. The Kier molecular flexibility index (Phi) is 4.94. The smallest absolute Gasteiger partial charge is 0.262 e. The lowest BCUT2D eigenvalue weighted by Crippen LogP contribution is -2.28. The van der Waals surface area contributed by atoms with Crippen LogP contribution < -0.4 is 14.8 Å². The third-order valence-corrected chi connectivity index (χ3v) is 5.60. The Balaban J connectivity index is 1.80. The fourth-order valence-corrected chi connectivity index (χ4v) is 3.70. The molecule has 0 aliphatic heterocycles. The second-order valence-electron chi connectivity index (χ2n) is 5.95. The second-order valence-corrected chi connectivity index (χ2v) is 7.63. The minimum absolute atomic E-state index is 0.0342. The Morgan fingerprint density at radius 2 is 1.88 bits per heavy atom. The molecule has 1 aliphatic carbocycles. The maximum Gasteiger partial charge on any atom is 0.262 e. The summed E-state index contributed by atoms with van der Waals surface area (Å²) in [7, 11) is -2.32. The van der Waals surface area contributed by atoms with Crippen LogP contribution in [0.15, 0.2) is 53.4 Å². The lowest BCUT2D eigenvalue weighted by molar-refractivity contribution is -0.122. The number of carbonyl (C=O) groups excluding carboxylic acids is 1. The maximum atomic E-state index is 12.6. The molecule has 0 atom stereocenters. The van der Waals surface area contributed by atoms with Crippen LogP contribution in [0.3, 0.4) is 0 Å². The molecule has 1 fully saturated rings. The molecule has 0 aromatic heterocycles. The van der Waals surface area contributed by atoms with Gasteiger partial charge in [-0.15, -0.1) is 0 Å². The standard InChI is InChI=1S/C18H20N2O4S/c1-24-17-11-3-2-10-16(17)20-25(22,23)15-9-5-8-14(12-15)19-18(21)13-6-4-7-13/h2-3,5,8-13,20H,4,6-7H2,1H3,(H,19,21). The molecule has 2 aromatic carbocycles. The average Bonchev–Trinajstić information content (AvgIpc) is 2.53. The zero-order valence-electron chi connectivity index (χ0n) is 13.9. The summed E-state index contributed by atoms with van der Waals surface area (Å²) >= 11 is 0. The van der Waals surface area contributed by atoms with Gasteiger partial charge in [-0.3, -0.25) is 9.52 Å². The van der Waals surface area contributed by atoms with E-state index in [1.807, 2.05) is 0 Å². The molecule has 0 heterocycles. The van der Waals surface area contributed by atoms with Gasteiger partial charge in [-0.2, -0.15) is 0 Å². The molecule has 25 heavy (non-hydrogen) atoms. The molecule has 1 saturated carbocycles. The zero-order chi connectivity index (χ0) is 17.9. The van der Waals surface area contributed by atoms with Crippen molar-refractivity contribution in [1.82, 2.24) is 0 Å². The summed E-state index contributed by atoms with van der Waals surface area (Å²) in [5, 5.41) is 2.79. The van der Waals surface area contributed by atoms with Crippen LogP contribution in [0, 0.1) is 5.92 Å². The number of para-hydroxylation sites is 2. The van der Waals surface area contributed by atoms with Crippen molar-refractivity contribution in [2.45, 2.75) is 24.2 Å². The lowest BCUT2D eigenvalue weighted by Gasteiger charge is -2.24. The van der Waals surface area contributed by atoms with Crippen molar-refractivity contribution < 1.29 is 17.9 Å². The van der Waals surface area contributed by atoms with E-state index in [-0.39, 0.29) is 16.7 Å². The van der Waals surface area contributed by atoms with Gasteiger partial charge >= 0.3 is 0 Å². The fourth-order valence-electron chi connectivity index (χ4n) is 2.59. The van der Waals surface area contributed by atoms with Gasteiger partial charge in [-0.25, -0.2) is 8.42 Å². The SMILES string of the molecule is COc1ccccc1NS(=O)(=O)c1cccc(NC(=O)C2CCC2)c1. The number of benzene rings is 2. The Hall–Kier alpha value is -2.54. The van der Waals surface area contributed by atoms with E-state index >= 15 is 0 Å². The molecule has 1 aliphatic rings. The fraction of sp³-hybridized carbons (Fsp3) is 0.278. The summed E-state index contributed by atoms with van der Waals surface area (Å²) in [4.78, 5) is 12.1. The Labute approximate surface area is 147 Å². The molecule has 6 nitrogen and oxygen atoms in total. The lowest BCUT2D eigenvalue weighted by atomic mass is 9.85. The highest BCUT2D eigenvalue weighted by molar-refractivity contribution is 7.92. The van der Waals surface area contributed by atoms with Crippen molar-refractivity contribution in [1.29, 1.82) is 0 Å². The summed E-state index contributed by atoms with van der Waals surface area (Å²) in [6, 6.07) is 13.0. The number of sulfonamides is 1. The molecule has 0 radical (unpaired) electrons. The highest BCUT2D eigenvalue weighted by Gasteiger charge is 2.25. The van der Waals surface area contributed by atoms with Gasteiger partial charge in [0.1, 0.15) is 5.75 Å². The van der Waals surface area contributed by atoms with Crippen LogP contribution in [0.1, 0.15) is 19.3 Å². The molecule has 0 bridgehead atoms. The van der Waals surface area contributed by atoms with Gasteiger partial charge in [0.15, 0.2) is 0 Å². The van der Waals surface area contributed by atoms with Crippen molar-refractivity contribution >= 4 is 27.3 Å². The molecule has 3 rings (SSSR count). The topological polar surface area (TPSA) is 84.5 Å². The normalized spacial score (nSPS) is 14.4. The summed E-state index contributed by atoms with van der Waals surface area (Å²) in [5.74, 6) is 0.408. The van der Waals surface area contributed by atoms with Gasteiger partial charge in [-0.1, -0.05) is 24.6 Å². The first-order valence-corrected chi connectivity index (χ1v) is 9.55. The van der Waals surface area contributed by atoms with Crippen LogP contribution in [0.4, 0.5) is 11.4 Å². The van der Waals surface area contributed by atoms with E-state index in [1.54, 1.807) is 36.4 Å². The van der Waals surface area contributed by atoms with Gasteiger partial charge in [0, 0.05) is 11.6 Å². The van der Waals surface area contributed by atoms with Crippen LogP contribution in [0.5, 0.6) is 5.75 Å². The molecule has 7 heteroatoms. The number of anilines is 2. The highest BCUT2D eigenvalue weighted by Crippen LogP contribution is 2.29. The van der Waals surface area contributed by atoms with Gasteiger partial charge < -0.3 is 10.1 Å². The summed E-state index contributed by atoms with van der Waals surface area (Å²) in [6.45, 7) is 0. The van der Waals surface area contributed by atoms with Gasteiger partial charge in [0.05, 0.1) is 17.7 Å². The van der Waals surface area contributed by atoms with E-state index < -0.39 is 10.0 Å². The number of ether oxygens (including phenoxy) is 1. The minimum Gasteiger partial charge on any atom is -0.495 e. The number of hydrogen-bond acceptors (Lipinski definition) is 4. The molecular weight excluding hydrogens is 340 g/mol. The third kappa shape index (κ3) is 3.93. The minimum atomic E-state index is -3.80. The predicted molar refractivity (Wildman–Crippen MR) is 96.2 cm³/mol. The number of carbonyl (C=O) groups is 1. The van der Waals surface area contributed by atoms with Crippen molar-refractivity contribution in [2.75, 3.05) is 17.1 Å². The third-order valence-electron chi connectivity index (χ3n) is 4.24. The number of amides is 1.